The number of fused-ring (bicyclic) bond motifs is 1. The summed E-state index contributed by atoms with van der Waals surface area (Å²) in [5.41, 5.74) is 1.37. The molecule has 2 rings (SSSR count). The monoisotopic (exact) mass is 232 g/mol. The van der Waals surface area contributed by atoms with Gasteiger partial charge in [0.15, 0.2) is 0 Å². The predicted octanol–water partition coefficient (Wildman–Crippen LogP) is 4.79. The Morgan fingerprint density at radius 1 is 1.06 bits per heavy atom. The summed E-state index contributed by atoms with van der Waals surface area (Å²) in [6.07, 6.45) is 3.21. The summed E-state index contributed by atoms with van der Waals surface area (Å²) < 4.78 is 0. The van der Waals surface area contributed by atoms with Gasteiger partial charge in [0.05, 0.1) is 0 Å². The number of alkyl halides is 1. The van der Waals surface area contributed by atoms with E-state index in [0.717, 1.165) is 19.3 Å². The molecule has 2 aromatic rings. The van der Waals surface area contributed by atoms with E-state index in [0.29, 0.717) is 0 Å². The second kappa shape index (κ2) is 5.36. The maximum atomic E-state index is 6.32. The van der Waals surface area contributed by atoms with Crippen LogP contribution in [-0.4, -0.2) is 5.38 Å². The largest absolute Gasteiger partial charge is 0.123 e. The minimum Gasteiger partial charge on any atom is -0.123 e. The highest BCUT2D eigenvalue weighted by molar-refractivity contribution is 6.20. The van der Waals surface area contributed by atoms with Crippen LogP contribution in [0.15, 0.2) is 42.5 Å². The molecule has 0 spiro atoms. The fourth-order valence-corrected chi connectivity index (χ4v) is 2.51. The molecule has 84 valence electrons. The van der Waals surface area contributed by atoms with Gasteiger partial charge >= 0.3 is 0 Å². The highest BCUT2D eigenvalue weighted by atomic mass is 35.5. The summed E-state index contributed by atoms with van der Waals surface area (Å²) in [7, 11) is 0. The molecule has 0 bridgehead atoms. The van der Waals surface area contributed by atoms with Crippen LogP contribution in [0.1, 0.15) is 25.3 Å². The first kappa shape index (κ1) is 11.5. The zero-order valence-electron chi connectivity index (χ0n) is 9.62. The Labute approximate surface area is 102 Å². The van der Waals surface area contributed by atoms with Crippen molar-refractivity contribution in [2.24, 2.45) is 0 Å². The lowest BCUT2D eigenvalue weighted by Gasteiger charge is -2.10. The van der Waals surface area contributed by atoms with E-state index >= 15 is 0 Å². The fraction of sp³-hybridized carbons (Fsp3) is 0.333. The second-order valence-corrected chi connectivity index (χ2v) is 4.85. The average molecular weight is 233 g/mol. The van der Waals surface area contributed by atoms with E-state index < -0.39 is 0 Å². The molecule has 0 aliphatic rings. The van der Waals surface area contributed by atoms with Crippen LogP contribution >= 0.6 is 11.6 Å². The first-order valence-corrected chi connectivity index (χ1v) is 6.35. The van der Waals surface area contributed by atoms with Gasteiger partial charge in [-0.05, 0) is 29.2 Å². The molecule has 16 heavy (non-hydrogen) atoms. The maximum absolute atomic E-state index is 6.32. The van der Waals surface area contributed by atoms with Crippen molar-refractivity contribution < 1.29 is 0 Å². The molecule has 0 amide bonds. The van der Waals surface area contributed by atoms with Gasteiger partial charge in [0, 0.05) is 5.38 Å². The zero-order chi connectivity index (χ0) is 11.4. The third-order valence-electron chi connectivity index (χ3n) is 2.92. The van der Waals surface area contributed by atoms with E-state index in [2.05, 4.69) is 49.4 Å². The Morgan fingerprint density at radius 2 is 1.81 bits per heavy atom. The zero-order valence-corrected chi connectivity index (χ0v) is 10.4. The number of halogens is 1. The first-order chi connectivity index (χ1) is 7.81. The van der Waals surface area contributed by atoms with Crippen LogP contribution in [0.25, 0.3) is 10.8 Å². The van der Waals surface area contributed by atoms with Gasteiger partial charge in [-0.3, -0.25) is 0 Å². The third-order valence-corrected chi connectivity index (χ3v) is 3.30. The SMILES string of the molecule is CCCC(Cl)Cc1cccc2ccccc12. The highest BCUT2D eigenvalue weighted by Gasteiger charge is 2.07. The average Bonchev–Trinajstić information content (AvgIpc) is 2.30. The smallest absolute Gasteiger partial charge is 0.0376 e. The summed E-state index contributed by atoms with van der Waals surface area (Å²) in [6, 6.07) is 15.0. The van der Waals surface area contributed by atoms with Gasteiger partial charge in [-0.25, -0.2) is 0 Å². The Bertz CT molecular complexity index is 456. The van der Waals surface area contributed by atoms with Crippen molar-refractivity contribution in [2.75, 3.05) is 0 Å². The molecule has 0 heterocycles. The molecule has 0 aliphatic heterocycles. The molecular formula is C15H17Cl. The van der Waals surface area contributed by atoms with Gasteiger partial charge in [-0.15, -0.1) is 11.6 Å². The van der Waals surface area contributed by atoms with Crippen molar-refractivity contribution in [1.82, 2.24) is 0 Å². The van der Waals surface area contributed by atoms with Crippen LogP contribution in [0.5, 0.6) is 0 Å². The molecule has 0 fully saturated rings. The van der Waals surface area contributed by atoms with Crippen LogP contribution in [0.2, 0.25) is 0 Å². The van der Waals surface area contributed by atoms with Crippen molar-refractivity contribution >= 4 is 22.4 Å². The van der Waals surface area contributed by atoms with Crippen molar-refractivity contribution in [1.29, 1.82) is 0 Å². The maximum Gasteiger partial charge on any atom is 0.0376 e. The summed E-state index contributed by atoms with van der Waals surface area (Å²) in [4.78, 5) is 0. The number of rotatable bonds is 4. The number of benzene rings is 2. The molecule has 2 aromatic carbocycles. The lowest BCUT2D eigenvalue weighted by Crippen LogP contribution is -2.03. The van der Waals surface area contributed by atoms with Crippen LogP contribution < -0.4 is 0 Å². The molecule has 0 aliphatic carbocycles. The molecular weight excluding hydrogens is 216 g/mol. The molecule has 0 radical (unpaired) electrons. The minimum atomic E-state index is 0.260. The van der Waals surface area contributed by atoms with Crippen LogP contribution in [-0.2, 0) is 6.42 Å². The van der Waals surface area contributed by atoms with Crippen molar-refractivity contribution in [2.45, 2.75) is 31.6 Å². The van der Waals surface area contributed by atoms with Crippen LogP contribution in [0, 0.1) is 0 Å². The minimum absolute atomic E-state index is 0.260. The summed E-state index contributed by atoms with van der Waals surface area (Å²) >= 11 is 6.32. The van der Waals surface area contributed by atoms with E-state index in [1.54, 1.807) is 0 Å². The standard InChI is InChI=1S/C15H17Cl/c1-2-6-14(16)11-13-9-5-8-12-7-3-4-10-15(12)13/h3-5,7-10,14H,2,6,11H2,1H3. The molecule has 0 nitrogen and oxygen atoms in total. The first-order valence-electron chi connectivity index (χ1n) is 5.92. The second-order valence-electron chi connectivity index (χ2n) is 4.23. The van der Waals surface area contributed by atoms with E-state index in [4.69, 9.17) is 11.6 Å². The van der Waals surface area contributed by atoms with Crippen molar-refractivity contribution in [3.63, 3.8) is 0 Å². The predicted molar refractivity (Wildman–Crippen MR) is 72.2 cm³/mol. The molecule has 0 aromatic heterocycles. The van der Waals surface area contributed by atoms with Gasteiger partial charge in [0.2, 0.25) is 0 Å². The summed E-state index contributed by atoms with van der Waals surface area (Å²) in [5, 5.41) is 2.91. The lowest BCUT2D eigenvalue weighted by atomic mass is 10.00. The third kappa shape index (κ3) is 2.56. The quantitative estimate of drug-likeness (QED) is 0.665. The fourth-order valence-electron chi connectivity index (χ4n) is 2.12. The molecule has 0 saturated heterocycles. The molecule has 1 heteroatoms. The molecule has 1 unspecified atom stereocenters. The number of hydrogen-bond donors (Lipinski definition) is 0. The Kier molecular flexibility index (Phi) is 3.84. The summed E-state index contributed by atoms with van der Waals surface area (Å²) in [6.45, 7) is 2.18. The van der Waals surface area contributed by atoms with Crippen molar-refractivity contribution in [3.8, 4) is 0 Å². The normalized spacial score (nSPS) is 12.9. The van der Waals surface area contributed by atoms with E-state index in [1.165, 1.54) is 16.3 Å². The van der Waals surface area contributed by atoms with Gasteiger partial charge in [0.25, 0.3) is 0 Å². The molecule has 1 atom stereocenters. The van der Waals surface area contributed by atoms with E-state index in [9.17, 15) is 0 Å². The Balaban J connectivity index is 2.30. The van der Waals surface area contributed by atoms with Gasteiger partial charge < -0.3 is 0 Å². The van der Waals surface area contributed by atoms with Crippen LogP contribution in [0.4, 0.5) is 0 Å². The molecule has 0 N–H and O–H groups in total. The Hall–Kier alpha value is -1.01. The van der Waals surface area contributed by atoms with Gasteiger partial charge in [-0.1, -0.05) is 55.8 Å². The highest BCUT2D eigenvalue weighted by Crippen LogP contribution is 2.22. The topological polar surface area (TPSA) is 0 Å². The summed E-state index contributed by atoms with van der Waals surface area (Å²) in [5.74, 6) is 0. The lowest BCUT2D eigenvalue weighted by molar-refractivity contribution is 0.728. The number of hydrogen-bond acceptors (Lipinski definition) is 0. The van der Waals surface area contributed by atoms with Gasteiger partial charge in [-0.2, -0.15) is 0 Å². The van der Waals surface area contributed by atoms with E-state index in [1.807, 2.05) is 0 Å². The van der Waals surface area contributed by atoms with Gasteiger partial charge in [0.1, 0.15) is 0 Å². The van der Waals surface area contributed by atoms with E-state index in [-0.39, 0.29) is 5.38 Å². The van der Waals surface area contributed by atoms with Crippen molar-refractivity contribution in [3.05, 3.63) is 48.0 Å². The van der Waals surface area contributed by atoms with Crippen LogP contribution in [0.3, 0.4) is 0 Å². The molecule has 0 saturated carbocycles. The Morgan fingerprint density at radius 3 is 2.62 bits per heavy atom.